The lowest BCUT2D eigenvalue weighted by atomic mass is 9.92. The lowest BCUT2D eigenvalue weighted by Gasteiger charge is -2.23. The summed E-state index contributed by atoms with van der Waals surface area (Å²) in [6.07, 6.45) is 6.09. The zero-order chi connectivity index (χ0) is 14.5. The maximum atomic E-state index is 11.6. The van der Waals surface area contributed by atoms with Crippen LogP contribution >= 0.6 is 0 Å². The lowest BCUT2D eigenvalue weighted by molar-refractivity contribution is -0.127. The average Bonchev–Trinajstić information content (AvgIpc) is 2.94. The molecule has 3 rings (SSSR count). The van der Waals surface area contributed by atoms with Gasteiger partial charge in [-0.2, -0.15) is 0 Å². The van der Waals surface area contributed by atoms with Crippen molar-refractivity contribution in [1.82, 2.24) is 15.2 Å². The number of amides is 1. The molecular formula is C16H24N4O. The van der Waals surface area contributed by atoms with E-state index in [1.54, 1.807) is 0 Å². The first-order valence-electron chi connectivity index (χ1n) is 8.01. The molecule has 5 nitrogen and oxygen atoms in total. The molecule has 0 spiro atoms. The van der Waals surface area contributed by atoms with Gasteiger partial charge in [-0.3, -0.25) is 4.79 Å². The van der Waals surface area contributed by atoms with Crippen LogP contribution < -0.4 is 10.6 Å². The van der Waals surface area contributed by atoms with Crippen LogP contribution in [0.5, 0.6) is 0 Å². The van der Waals surface area contributed by atoms with Crippen molar-refractivity contribution in [2.24, 2.45) is 0 Å². The lowest BCUT2D eigenvalue weighted by Crippen LogP contribution is -2.30. The largest absolute Gasteiger partial charge is 0.368 e. The minimum absolute atomic E-state index is 0.284. The number of nitrogens with one attached hydrogen (secondary N) is 2. The molecule has 114 valence electrons. The maximum absolute atomic E-state index is 11.6. The van der Waals surface area contributed by atoms with Gasteiger partial charge in [-0.05, 0) is 49.4 Å². The Kier molecular flexibility index (Phi) is 4.70. The van der Waals surface area contributed by atoms with E-state index in [1.165, 1.54) is 18.4 Å². The predicted octanol–water partition coefficient (Wildman–Crippen LogP) is 1.58. The molecule has 0 saturated carbocycles. The van der Waals surface area contributed by atoms with Gasteiger partial charge >= 0.3 is 0 Å². The fourth-order valence-corrected chi connectivity index (χ4v) is 3.19. The molecule has 0 aromatic carbocycles. The molecule has 2 saturated heterocycles. The number of anilines is 1. The van der Waals surface area contributed by atoms with Crippen LogP contribution in [0, 0.1) is 0 Å². The number of carbonyl (C=O) groups excluding carboxylic acids is 1. The van der Waals surface area contributed by atoms with Crippen LogP contribution in [0.25, 0.3) is 0 Å². The van der Waals surface area contributed by atoms with Crippen molar-refractivity contribution in [2.75, 3.05) is 38.0 Å². The number of carbonyl (C=O) groups is 1. The quantitative estimate of drug-likeness (QED) is 0.864. The predicted molar refractivity (Wildman–Crippen MR) is 83.4 cm³/mol. The molecule has 2 aliphatic rings. The summed E-state index contributed by atoms with van der Waals surface area (Å²) in [4.78, 5) is 17.9. The van der Waals surface area contributed by atoms with Gasteiger partial charge in [-0.25, -0.2) is 4.98 Å². The van der Waals surface area contributed by atoms with Crippen molar-refractivity contribution in [3.05, 3.63) is 23.9 Å². The number of hydrogen-bond donors (Lipinski definition) is 2. The Balaban J connectivity index is 1.52. The highest BCUT2D eigenvalue weighted by atomic mass is 16.2. The average molecular weight is 288 g/mol. The molecule has 1 aromatic heterocycles. The Morgan fingerprint density at radius 1 is 1.43 bits per heavy atom. The van der Waals surface area contributed by atoms with E-state index < -0.39 is 0 Å². The zero-order valence-corrected chi connectivity index (χ0v) is 12.5. The number of aromatic nitrogens is 1. The summed E-state index contributed by atoms with van der Waals surface area (Å²) in [7, 11) is 0. The van der Waals surface area contributed by atoms with E-state index >= 15 is 0 Å². The van der Waals surface area contributed by atoms with E-state index in [0.717, 1.165) is 45.0 Å². The first-order chi connectivity index (χ1) is 10.3. The van der Waals surface area contributed by atoms with Crippen LogP contribution in [-0.2, 0) is 4.79 Å². The summed E-state index contributed by atoms with van der Waals surface area (Å²) in [6, 6.07) is 4.27. The van der Waals surface area contributed by atoms with Gasteiger partial charge in [0.1, 0.15) is 5.82 Å². The van der Waals surface area contributed by atoms with Crippen LogP contribution in [0.4, 0.5) is 5.82 Å². The third-order valence-corrected chi connectivity index (χ3v) is 4.41. The number of nitrogens with zero attached hydrogens (tertiary/aromatic N) is 2. The van der Waals surface area contributed by atoms with Gasteiger partial charge in [0, 0.05) is 38.8 Å². The molecule has 2 fully saturated rings. The second-order valence-electron chi connectivity index (χ2n) is 5.93. The van der Waals surface area contributed by atoms with Crippen molar-refractivity contribution in [3.63, 3.8) is 0 Å². The van der Waals surface area contributed by atoms with Gasteiger partial charge in [0.05, 0.1) is 0 Å². The van der Waals surface area contributed by atoms with Crippen LogP contribution in [0.15, 0.2) is 18.3 Å². The zero-order valence-electron chi connectivity index (χ0n) is 12.5. The van der Waals surface area contributed by atoms with Gasteiger partial charge < -0.3 is 15.5 Å². The molecule has 0 aliphatic carbocycles. The van der Waals surface area contributed by atoms with Crippen LogP contribution in [0.1, 0.15) is 37.2 Å². The normalized spacial score (nSPS) is 22.6. The van der Waals surface area contributed by atoms with E-state index in [4.69, 9.17) is 0 Å². The molecule has 2 N–H and O–H groups in total. The summed E-state index contributed by atoms with van der Waals surface area (Å²) >= 11 is 0. The summed E-state index contributed by atoms with van der Waals surface area (Å²) in [5.41, 5.74) is 1.36. The Morgan fingerprint density at radius 3 is 3.14 bits per heavy atom. The summed E-state index contributed by atoms with van der Waals surface area (Å²) in [6.45, 7) is 4.64. The molecule has 3 heterocycles. The van der Waals surface area contributed by atoms with E-state index in [9.17, 15) is 4.79 Å². The number of rotatable bonds is 5. The van der Waals surface area contributed by atoms with Crippen molar-refractivity contribution >= 4 is 11.7 Å². The third kappa shape index (κ3) is 3.73. The van der Waals surface area contributed by atoms with E-state index in [0.29, 0.717) is 12.3 Å². The summed E-state index contributed by atoms with van der Waals surface area (Å²) in [5.74, 6) is 1.80. The highest BCUT2D eigenvalue weighted by molar-refractivity contribution is 5.78. The Labute approximate surface area is 126 Å². The summed E-state index contributed by atoms with van der Waals surface area (Å²) < 4.78 is 0. The van der Waals surface area contributed by atoms with Crippen LogP contribution in [0.3, 0.4) is 0 Å². The number of pyridine rings is 1. The van der Waals surface area contributed by atoms with Gasteiger partial charge in [0.25, 0.3) is 0 Å². The fourth-order valence-electron chi connectivity index (χ4n) is 3.19. The second kappa shape index (κ2) is 6.89. The molecule has 5 heteroatoms. The van der Waals surface area contributed by atoms with Gasteiger partial charge in [0.2, 0.25) is 5.91 Å². The summed E-state index contributed by atoms with van der Waals surface area (Å²) in [5, 5.41) is 6.80. The molecule has 0 radical (unpaired) electrons. The SMILES string of the molecule is O=C1CCCN1CCNc1cc(C2CCCNC2)ccn1. The highest BCUT2D eigenvalue weighted by Crippen LogP contribution is 2.24. The number of piperidine rings is 1. The third-order valence-electron chi connectivity index (χ3n) is 4.41. The molecule has 21 heavy (non-hydrogen) atoms. The second-order valence-corrected chi connectivity index (χ2v) is 5.93. The van der Waals surface area contributed by atoms with Crippen molar-refractivity contribution < 1.29 is 4.79 Å². The molecule has 1 aromatic rings. The minimum atomic E-state index is 0.284. The van der Waals surface area contributed by atoms with Gasteiger partial charge in [-0.1, -0.05) is 0 Å². The monoisotopic (exact) mass is 288 g/mol. The topological polar surface area (TPSA) is 57.3 Å². The van der Waals surface area contributed by atoms with Gasteiger partial charge in [-0.15, -0.1) is 0 Å². The molecule has 1 atom stereocenters. The molecule has 2 aliphatic heterocycles. The standard InChI is InChI=1S/C16H24N4O/c21-16-4-2-9-20(16)10-8-19-15-11-13(5-7-18-15)14-3-1-6-17-12-14/h5,7,11,14,17H,1-4,6,8-10,12H2,(H,18,19). The molecule has 0 bridgehead atoms. The van der Waals surface area contributed by atoms with Crippen molar-refractivity contribution in [2.45, 2.75) is 31.6 Å². The van der Waals surface area contributed by atoms with Crippen molar-refractivity contribution in [3.8, 4) is 0 Å². The van der Waals surface area contributed by atoms with E-state index in [-0.39, 0.29) is 5.91 Å². The minimum Gasteiger partial charge on any atom is -0.368 e. The first kappa shape index (κ1) is 14.3. The van der Waals surface area contributed by atoms with E-state index in [2.05, 4.69) is 27.8 Å². The highest BCUT2D eigenvalue weighted by Gasteiger charge is 2.19. The molecule has 1 amide bonds. The smallest absolute Gasteiger partial charge is 0.222 e. The molecular weight excluding hydrogens is 264 g/mol. The van der Waals surface area contributed by atoms with Crippen molar-refractivity contribution in [1.29, 1.82) is 0 Å². The van der Waals surface area contributed by atoms with Crippen LogP contribution in [0.2, 0.25) is 0 Å². The van der Waals surface area contributed by atoms with Gasteiger partial charge in [0.15, 0.2) is 0 Å². The Hall–Kier alpha value is -1.62. The molecule has 1 unspecified atom stereocenters. The fraction of sp³-hybridized carbons (Fsp3) is 0.625. The van der Waals surface area contributed by atoms with Crippen LogP contribution in [-0.4, -0.2) is 48.5 Å². The maximum Gasteiger partial charge on any atom is 0.222 e. The Morgan fingerprint density at radius 2 is 2.38 bits per heavy atom. The van der Waals surface area contributed by atoms with E-state index in [1.807, 2.05) is 11.1 Å². The first-order valence-corrected chi connectivity index (χ1v) is 8.01. The number of likely N-dealkylation sites (tertiary alicyclic amines) is 1. The Bertz CT molecular complexity index is 485. The number of hydrogen-bond acceptors (Lipinski definition) is 4.